The molecule has 2 N–H and O–H groups in total. The number of nitrogens with zero attached hydrogens (tertiary/aromatic N) is 3. The van der Waals surface area contributed by atoms with Crippen LogP contribution in [0.5, 0.6) is 0 Å². The van der Waals surface area contributed by atoms with Crippen LogP contribution in [0.1, 0.15) is 49.7 Å². The number of carbonyl (C=O) groups is 1. The summed E-state index contributed by atoms with van der Waals surface area (Å²) in [7, 11) is 3.97. The third kappa shape index (κ3) is 5.60. The summed E-state index contributed by atoms with van der Waals surface area (Å²) in [6.07, 6.45) is 5.71. The zero-order valence-corrected chi connectivity index (χ0v) is 18.3. The monoisotopic (exact) mass is 415 g/mol. The maximum Gasteiger partial charge on any atom is 0.227 e. The van der Waals surface area contributed by atoms with Crippen LogP contribution >= 0.6 is 11.6 Å². The van der Waals surface area contributed by atoms with Gasteiger partial charge >= 0.3 is 0 Å². The van der Waals surface area contributed by atoms with Crippen LogP contribution < -0.4 is 15.5 Å². The van der Waals surface area contributed by atoms with Gasteiger partial charge in [0.2, 0.25) is 11.9 Å². The molecule has 0 radical (unpaired) electrons. The summed E-state index contributed by atoms with van der Waals surface area (Å²) >= 11 is 5.94. The molecule has 2 aromatic rings. The summed E-state index contributed by atoms with van der Waals surface area (Å²) in [5.41, 5.74) is 2.04. The highest BCUT2D eigenvalue weighted by Crippen LogP contribution is 2.24. The number of carbonyl (C=O) groups excluding carboxylic acids is 1. The van der Waals surface area contributed by atoms with E-state index in [1.807, 2.05) is 63.3 Å². The Morgan fingerprint density at radius 3 is 2.38 bits per heavy atom. The van der Waals surface area contributed by atoms with Crippen LogP contribution in [0.3, 0.4) is 0 Å². The van der Waals surface area contributed by atoms with Crippen molar-refractivity contribution in [2.45, 2.75) is 57.5 Å². The number of hydrogen-bond acceptors (Lipinski definition) is 5. The first kappa shape index (κ1) is 21.4. The SMILES string of the molecule is Cc1cnc(N[C@H]2CC[C@@H](NC(=O)C(C)c3ccc(Cl)cc3)CC2)nc1N(C)C. The summed E-state index contributed by atoms with van der Waals surface area (Å²) in [6, 6.07) is 8.02. The van der Waals surface area contributed by atoms with Crippen LogP contribution in [0.2, 0.25) is 5.02 Å². The van der Waals surface area contributed by atoms with E-state index in [1.165, 1.54) is 0 Å². The van der Waals surface area contributed by atoms with Crippen molar-refractivity contribution in [3.63, 3.8) is 0 Å². The lowest BCUT2D eigenvalue weighted by Crippen LogP contribution is -2.41. The van der Waals surface area contributed by atoms with Gasteiger partial charge in [0.25, 0.3) is 0 Å². The highest BCUT2D eigenvalue weighted by Gasteiger charge is 2.25. The number of nitrogens with one attached hydrogen (secondary N) is 2. The second-order valence-corrected chi connectivity index (χ2v) is 8.51. The molecule has 156 valence electrons. The van der Waals surface area contributed by atoms with E-state index < -0.39 is 0 Å². The molecule has 6 nitrogen and oxygen atoms in total. The topological polar surface area (TPSA) is 70.1 Å². The van der Waals surface area contributed by atoms with Gasteiger partial charge in [-0.15, -0.1) is 0 Å². The van der Waals surface area contributed by atoms with Gasteiger partial charge in [-0.25, -0.2) is 4.98 Å². The van der Waals surface area contributed by atoms with Crippen LogP contribution in [-0.4, -0.2) is 42.1 Å². The van der Waals surface area contributed by atoms with Crippen molar-refractivity contribution in [2.24, 2.45) is 0 Å². The van der Waals surface area contributed by atoms with Gasteiger partial charge in [0.05, 0.1) is 5.92 Å². The van der Waals surface area contributed by atoms with E-state index in [0.717, 1.165) is 42.6 Å². The van der Waals surface area contributed by atoms with Gasteiger partial charge in [0.1, 0.15) is 5.82 Å². The zero-order valence-electron chi connectivity index (χ0n) is 17.6. The van der Waals surface area contributed by atoms with Gasteiger partial charge < -0.3 is 15.5 Å². The molecule has 1 aromatic heterocycles. The number of aromatic nitrogens is 2. The molecule has 29 heavy (non-hydrogen) atoms. The lowest BCUT2D eigenvalue weighted by molar-refractivity contribution is -0.123. The third-order valence-corrected chi connectivity index (χ3v) is 5.79. The Labute approximate surface area is 178 Å². The molecule has 1 aromatic carbocycles. The van der Waals surface area contributed by atoms with Gasteiger partial charge in [-0.05, 0) is 57.2 Å². The summed E-state index contributed by atoms with van der Waals surface area (Å²) in [6.45, 7) is 3.95. The second-order valence-electron chi connectivity index (χ2n) is 8.07. The van der Waals surface area contributed by atoms with Crippen molar-refractivity contribution < 1.29 is 4.79 Å². The van der Waals surface area contributed by atoms with E-state index in [1.54, 1.807) is 0 Å². The molecule has 7 heteroatoms. The minimum atomic E-state index is -0.187. The Balaban J connectivity index is 1.49. The standard InChI is InChI=1S/C22H30ClN5O/c1-14-13-24-22(27-20(14)28(3)4)26-19-11-9-18(10-12-19)25-21(29)15(2)16-5-7-17(23)8-6-16/h5-8,13,15,18-19H,9-12H2,1-4H3,(H,25,29)(H,24,26,27)/t15?,18-,19+. The Morgan fingerprint density at radius 1 is 1.14 bits per heavy atom. The molecule has 1 amide bonds. The average Bonchev–Trinajstić information content (AvgIpc) is 2.70. The highest BCUT2D eigenvalue weighted by atomic mass is 35.5. The minimum Gasteiger partial charge on any atom is -0.362 e. The number of amides is 1. The van der Waals surface area contributed by atoms with Crippen LogP contribution in [0.15, 0.2) is 30.5 Å². The third-order valence-electron chi connectivity index (χ3n) is 5.54. The Bertz CT molecular complexity index is 832. The molecule has 1 atom stereocenters. The molecule has 1 saturated carbocycles. The van der Waals surface area contributed by atoms with Crippen LogP contribution in [0, 0.1) is 6.92 Å². The summed E-state index contributed by atoms with van der Waals surface area (Å²) < 4.78 is 0. The van der Waals surface area contributed by atoms with Crippen molar-refractivity contribution in [3.8, 4) is 0 Å². The largest absolute Gasteiger partial charge is 0.362 e. The van der Waals surface area contributed by atoms with E-state index >= 15 is 0 Å². The van der Waals surface area contributed by atoms with Crippen molar-refractivity contribution >= 4 is 29.3 Å². The molecule has 0 aliphatic heterocycles. The Hall–Kier alpha value is -2.34. The summed E-state index contributed by atoms with van der Waals surface area (Å²) in [5.74, 6) is 1.48. The van der Waals surface area contributed by atoms with Crippen molar-refractivity contribution in [2.75, 3.05) is 24.3 Å². The fourth-order valence-electron chi connectivity index (χ4n) is 3.75. The average molecular weight is 416 g/mol. The predicted octanol–water partition coefficient (Wildman–Crippen LogP) is 4.15. The van der Waals surface area contributed by atoms with E-state index in [2.05, 4.69) is 20.6 Å². The van der Waals surface area contributed by atoms with Crippen LogP contribution in [0.4, 0.5) is 11.8 Å². The maximum atomic E-state index is 12.6. The van der Waals surface area contributed by atoms with Gasteiger partial charge in [-0.3, -0.25) is 4.79 Å². The normalized spacial score (nSPS) is 20.0. The summed E-state index contributed by atoms with van der Waals surface area (Å²) in [4.78, 5) is 23.7. The van der Waals surface area contributed by atoms with E-state index in [-0.39, 0.29) is 17.9 Å². The molecule has 1 unspecified atom stereocenters. The van der Waals surface area contributed by atoms with Crippen LogP contribution in [-0.2, 0) is 4.79 Å². The van der Waals surface area contributed by atoms with Crippen molar-refractivity contribution in [1.29, 1.82) is 0 Å². The number of anilines is 2. The molecule has 0 saturated heterocycles. The van der Waals surface area contributed by atoms with E-state index in [0.29, 0.717) is 17.0 Å². The van der Waals surface area contributed by atoms with Gasteiger partial charge in [-0.2, -0.15) is 4.98 Å². The van der Waals surface area contributed by atoms with Gasteiger partial charge in [0.15, 0.2) is 0 Å². The minimum absolute atomic E-state index is 0.0706. The fourth-order valence-corrected chi connectivity index (χ4v) is 3.87. The molecule has 1 heterocycles. The van der Waals surface area contributed by atoms with E-state index in [4.69, 9.17) is 11.6 Å². The first-order chi connectivity index (χ1) is 13.8. The summed E-state index contributed by atoms with van der Waals surface area (Å²) in [5, 5.41) is 7.35. The lowest BCUT2D eigenvalue weighted by Gasteiger charge is -2.30. The van der Waals surface area contributed by atoms with Crippen molar-refractivity contribution in [1.82, 2.24) is 15.3 Å². The highest BCUT2D eigenvalue weighted by molar-refractivity contribution is 6.30. The molecule has 1 aliphatic carbocycles. The number of halogens is 1. The first-order valence-electron chi connectivity index (χ1n) is 10.2. The Kier molecular flexibility index (Phi) is 6.96. The molecule has 0 spiro atoms. The lowest BCUT2D eigenvalue weighted by atomic mass is 9.90. The predicted molar refractivity (Wildman–Crippen MR) is 119 cm³/mol. The zero-order chi connectivity index (χ0) is 21.0. The number of benzene rings is 1. The smallest absolute Gasteiger partial charge is 0.227 e. The Morgan fingerprint density at radius 2 is 1.76 bits per heavy atom. The van der Waals surface area contributed by atoms with Gasteiger partial charge in [-0.1, -0.05) is 23.7 Å². The quantitative estimate of drug-likeness (QED) is 0.741. The fraction of sp³-hybridized carbons (Fsp3) is 0.500. The van der Waals surface area contributed by atoms with Gasteiger partial charge in [0, 0.05) is 43.0 Å². The molecule has 1 aliphatic rings. The number of hydrogen-bond donors (Lipinski definition) is 2. The molecule has 0 bridgehead atoms. The number of rotatable bonds is 6. The molecule has 1 fully saturated rings. The van der Waals surface area contributed by atoms with Crippen LogP contribution in [0.25, 0.3) is 0 Å². The maximum absolute atomic E-state index is 12.6. The molecular weight excluding hydrogens is 386 g/mol. The second kappa shape index (κ2) is 9.44. The van der Waals surface area contributed by atoms with Crippen molar-refractivity contribution in [3.05, 3.63) is 46.6 Å². The van der Waals surface area contributed by atoms with E-state index in [9.17, 15) is 4.79 Å². The molecule has 3 rings (SSSR count). The first-order valence-corrected chi connectivity index (χ1v) is 10.5. The molecular formula is C22H30ClN5O. The number of aryl methyl sites for hydroxylation is 1.